The Bertz CT molecular complexity index is 394. The van der Waals surface area contributed by atoms with Crippen molar-refractivity contribution in [2.45, 2.75) is 57.2 Å². The Balaban J connectivity index is 1.65. The van der Waals surface area contributed by atoms with Crippen molar-refractivity contribution >= 4 is 0 Å². The van der Waals surface area contributed by atoms with Gasteiger partial charge in [-0.15, -0.1) is 0 Å². The van der Waals surface area contributed by atoms with Crippen LogP contribution in [0, 0.1) is 0 Å². The van der Waals surface area contributed by atoms with Gasteiger partial charge in [0.2, 0.25) is 0 Å². The van der Waals surface area contributed by atoms with Crippen molar-refractivity contribution in [1.29, 1.82) is 0 Å². The van der Waals surface area contributed by atoms with Crippen molar-refractivity contribution in [3.8, 4) is 0 Å². The predicted octanol–water partition coefficient (Wildman–Crippen LogP) is 2.14. The van der Waals surface area contributed by atoms with Gasteiger partial charge in [0.05, 0.1) is 0 Å². The van der Waals surface area contributed by atoms with Gasteiger partial charge in [0.1, 0.15) is 5.60 Å². The van der Waals surface area contributed by atoms with Gasteiger partial charge in [-0.3, -0.25) is 0 Å². The van der Waals surface area contributed by atoms with Crippen LogP contribution in [-0.2, 0) is 16.9 Å². The first-order valence-corrected chi connectivity index (χ1v) is 6.95. The zero-order valence-corrected chi connectivity index (χ0v) is 11.0. The minimum absolute atomic E-state index is 0.277. The van der Waals surface area contributed by atoms with Gasteiger partial charge in [0, 0.05) is 37.2 Å². The maximum absolute atomic E-state index is 5.86. The highest BCUT2D eigenvalue weighted by Gasteiger charge is 2.32. The largest absolute Gasteiger partial charge is 0.367 e. The van der Waals surface area contributed by atoms with E-state index in [2.05, 4.69) is 22.2 Å². The van der Waals surface area contributed by atoms with Crippen LogP contribution in [0.5, 0.6) is 0 Å². The summed E-state index contributed by atoms with van der Waals surface area (Å²) in [5.74, 6) is 0.831. The van der Waals surface area contributed by atoms with Crippen molar-refractivity contribution in [3.63, 3.8) is 0 Å². The van der Waals surface area contributed by atoms with E-state index < -0.39 is 0 Å². The summed E-state index contributed by atoms with van der Waals surface area (Å²) >= 11 is 0. The molecule has 2 aliphatic rings. The molecule has 1 saturated carbocycles. The van der Waals surface area contributed by atoms with E-state index in [1.807, 2.05) is 12.4 Å². The van der Waals surface area contributed by atoms with Crippen LogP contribution < -0.4 is 5.32 Å². The fourth-order valence-electron chi connectivity index (χ4n) is 2.38. The van der Waals surface area contributed by atoms with Gasteiger partial charge in [0.25, 0.3) is 0 Å². The molecule has 1 saturated heterocycles. The van der Waals surface area contributed by atoms with Crippen molar-refractivity contribution in [2.24, 2.45) is 0 Å². The molecule has 1 aliphatic carbocycles. The molecule has 0 aromatic carbocycles. The molecule has 0 spiro atoms. The number of hydrogen-bond donors (Lipinski definition) is 1. The molecule has 2 heterocycles. The highest BCUT2D eigenvalue weighted by Crippen LogP contribution is 2.32. The SMILES string of the molecule is CC1(c2ncc(CNC3CC3)cn2)CCCCO1. The quantitative estimate of drug-likeness (QED) is 0.885. The molecule has 98 valence electrons. The molecule has 2 fully saturated rings. The minimum Gasteiger partial charge on any atom is -0.367 e. The van der Waals surface area contributed by atoms with Crippen molar-refractivity contribution < 1.29 is 4.74 Å². The molecule has 1 N–H and O–H groups in total. The molecule has 1 aliphatic heterocycles. The molecular formula is C14H21N3O. The Morgan fingerprint density at radius 1 is 1.33 bits per heavy atom. The topological polar surface area (TPSA) is 47.0 Å². The third-order valence-electron chi connectivity index (χ3n) is 3.82. The zero-order chi connectivity index (χ0) is 12.4. The summed E-state index contributed by atoms with van der Waals surface area (Å²) in [7, 11) is 0. The lowest BCUT2D eigenvalue weighted by Gasteiger charge is -2.32. The predicted molar refractivity (Wildman–Crippen MR) is 69.0 cm³/mol. The lowest BCUT2D eigenvalue weighted by molar-refractivity contribution is -0.0760. The number of nitrogens with one attached hydrogen (secondary N) is 1. The van der Waals surface area contributed by atoms with Gasteiger partial charge in [-0.05, 0) is 39.0 Å². The fraction of sp³-hybridized carbons (Fsp3) is 0.714. The summed E-state index contributed by atoms with van der Waals surface area (Å²) in [6.45, 7) is 3.80. The van der Waals surface area contributed by atoms with Crippen molar-refractivity contribution in [2.75, 3.05) is 6.61 Å². The van der Waals surface area contributed by atoms with Gasteiger partial charge < -0.3 is 10.1 Å². The second-order valence-electron chi connectivity index (χ2n) is 5.61. The van der Waals surface area contributed by atoms with E-state index in [1.165, 1.54) is 19.3 Å². The van der Waals surface area contributed by atoms with E-state index in [0.717, 1.165) is 43.4 Å². The van der Waals surface area contributed by atoms with E-state index >= 15 is 0 Å². The number of hydrogen-bond acceptors (Lipinski definition) is 4. The Morgan fingerprint density at radius 3 is 2.72 bits per heavy atom. The lowest BCUT2D eigenvalue weighted by atomic mass is 9.95. The Kier molecular flexibility index (Phi) is 3.31. The van der Waals surface area contributed by atoms with Gasteiger partial charge in [-0.1, -0.05) is 0 Å². The average Bonchev–Trinajstić information content (AvgIpc) is 3.22. The standard InChI is InChI=1S/C14H21N3O/c1-14(6-2-3-7-18-14)13-16-9-11(10-17-13)8-15-12-4-5-12/h9-10,12,15H,2-8H2,1H3. The van der Waals surface area contributed by atoms with Crippen LogP contribution in [0.2, 0.25) is 0 Å². The second kappa shape index (κ2) is 4.94. The van der Waals surface area contributed by atoms with Crippen LogP contribution in [0.1, 0.15) is 50.4 Å². The van der Waals surface area contributed by atoms with E-state index in [9.17, 15) is 0 Å². The fourth-order valence-corrected chi connectivity index (χ4v) is 2.38. The van der Waals surface area contributed by atoms with Crippen LogP contribution in [0.3, 0.4) is 0 Å². The van der Waals surface area contributed by atoms with Crippen molar-refractivity contribution in [3.05, 3.63) is 23.8 Å². The molecule has 4 nitrogen and oxygen atoms in total. The number of ether oxygens (including phenoxy) is 1. The lowest BCUT2D eigenvalue weighted by Crippen LogP contribution is -2.32. The second-order valence-corrected chi connectivity index (χ2v) is 5.61. The molecule has 0 bridgehead atoms. The van der Waals surface area contributed by atoms with Gasteiger partial charge in [0.15, 0.2) is 5.82 Å². The minimum atomic E-state index is -0.277. The van der Waals surface area contributed by atoms with Gasteiger partial charge in [-0.2, -0.15) is 0 Å². The molecule has 1 unspecified atom stereocenters. The monoisotopic (exact) mass is 247 g/mol. The van der Waals surface area contributed by atoms with Gasteiger partial charge in [-0.25, -0.2) is 9.97 Å². The summed E-state index contributed by atoms with van der Waals surface area (Å²) < 4.78 is 5.86. The Labute approximate surface area is 108 Å². The van der Waals surface area contributed by atoms with E-state index in [0.29, 0.717) is 0 Å². The smallest absolute Gasteiger partial charge is 0.159 e. The summed E-state index contributed by atoms with van der Waals surface area (Å²) in [4.78, 5) is 8.99. The summed E-state index contributed by atoms with van der Waals surface area (Å²) in [5, 5.41) is 3.47. The molecule has 18 heavy (non-hydrogen) atoms. The summed E-state index contributed by atoms with van der Waals surface area (Å²) in [5.41, 5.74) is 0.880. The average molecular weight is 247 g/mol. The third-order valence-corrected chi connectivity index (χ3v) is 3.82. The normalized spacial score (nSPS) is 28.3. The third kappa shape index (κ3) is 2.70. The van der Waals surface area contributed by atoms with Crippen LogP contribution in [-0.4, -0.2) is 22.6 Å². The molecule has 0 amide bonds. The maximum Gasteiger partial charge on any atom is 0.159 e. The molecular weight excluding hydrogens is 226 g/mol. The number of rotatable bonds is 4. The zero-order valence-electron chi connectivity index (χ0n) is 11.0. The highest BCUT2D eigenvalue weighted by atomic mass is 16.5. The number of aromatic nitrogens is 2. The van der Waals surface area contributed by atoms with Gasteiger partial charge >= 0.3 is 0 Å². The van der Waals surface area contributed by atoms with Crippen LogP contribution >= 0.6 is 0 Å². The highest BCUT2D eigenvalue weighted by molar-refractivity contribution is 5.10. The first-order chi connectivity index (χ1) is 8.76. The van der Waals surface area contributed by atoms with E-state index in [-0.39, 0.29) is 5.60 Å². The molecule has 3 rings (SSSR count). The van der Waals surface area contributed by atoms with E-state index in [4.69, 9.17) is 4.74 Å². The summed E-state index contributed by atoms with van der Waals surface area (Å²) in [6, 6.07) is 0.726. The first-order valence-electron chi connectivity index (χ1n) is 6.95. The van der Waals surface area contributed by atoms with E-state index in [1.54, 1.807) is 0 Å². The van der Waals surface area contributed by atoms with Crippen LogP contribution in [0.15, 0.2) is 12.4 Å². The van der Waals surface area contributed by atoms with Crippen LogP contribution in [0.25, 0.3) is 0 Å². The summed E-state index contributed by atoms with van der Waals surface area (Å²) in [6.07, 6.45) is 9.86. The first kappa shape index (κ1) is 12.1. The Morgan fingerprint density at radius 2 is 2.11 bits per heavy atom. The maximum atomic E-state index is 5.86. The Hall–Kier alpha value is -1.00. The van der Waals surface area contributed by atoms with Crippen LogP contribution in [0.4, 0.5) is 0 Å². The molecule has 1 aromatic rings. The molecule has 4 heteroatoms. The molecule has 1 atom stereocenters. The number of nitrogens with zero attached hydrogens (tertiary/aromatic N) is 2. The molecule has 0 radical (unpaired) electrons. The molecule has 1 aromatic heterocycles. The van der Waals surface area contributed by atoms with Crippen molar-refractivity contribution in [1.82, 2.24) is 15.3 Å².